The van der Waals surface area contributed by atoms with Crippen molar-refractivity contribution < 1.29 is 4.48 Å². The van der Waals surface area contributed by atoms with Crippen LogP contribution < -0.4 is 0 Å². The van der Waals surface area contributed by atoms with Crippen molar-refractivity contribution in [2.75, 3.05) is 58.9 Å². The Morgan fingerprint density at radius 1 is 0.679 bits per heavy atom. The van der Waals surface area contributed by atoms with E-state index in [1.54, 1.807) is 0 Å². The van der Waals surface area contributed by atoms with Crippen LogP contribution >= 0.6 is 0 Å². The average Bonchev–Trinajstić information content (AvgIpc) is 3.31. The Morgan fingerprint density at radius 3 is 2.07 bits per heavy atom. The number of hydrogen-bond acceptors (Lipinski definition) is 3. The molecule has 4 heterocycles. The Labute approximate surface area is 171 Å². The van der Waals surface area contributed by atoms with Crippen LogP contribution in [0.5, 0.6) is 0 Å². The van der Waals surface area contributed by atoms with Crippen LogP contribution in [-0.4, -0.2) is 90.4 Å². The summed E-state index contributed by atoms with van der Waals surface area (Å²) in [5, 5.41) is 0. The van der Waals surface area contributed by atoms with Crippen LogP contribution in [0.1, 0.15) is 44.1 Å². The topological polar surface area (TPSA) is 9.72 Å². The van der Waals surface area contributed by atoms with Gasteiger partial charge in [-0.25, -0.2) is 4.90 Å². The second kappa shape index (κ2) is 8.43. The predicted octanol–water partition coefficient (Wildman–Crippen LogP) is 3.00. The third kappa shape index (κ3) is 3.65. The average molecular weight is 384 g/mol. The Bertz CT molecular complexity index is 629. The first-order valence-electron chi connectivity index (χ1n) is 12.0. The molecule has 0 amide bonds. The fraction of sp³-hybridized carbons (Fsp3) is 0.750. The number of nitrogens with zero attached hydrogens (tertiary/aromatic N) is 4. The lowest BCUT2D eigenvalue weighted by molar-refractivity contribution is -0.954. The van der Waals surface area contributed by atoms with Gasteiger partial charge >= 0.3 is 0 Å². The molecule has 4 aliphatic heterocycles. The number of rotatable bonds is 9. The number of aryl methyl sites for hydroxylation is 1. The molecule has 4 fully saturated rings. The predicted molar refractivity (Wildman–Crippen MR) is 115 cm³/mol. The zero-order chi connectivity index (χ0) is 18.8. The zero-order valence-corrected chi connectivity index (χ0v) is 17.6. The summed E-state index contributed by atoms with van der Waals surface area (Å²) in [7, 11) is 0. The number of unbranched alkanes of at least 4 members (excludes halogenated alkanes) is 5. The Kier molecular flexibility index (Phi) is 5.74. The molecule has 0 spiro atoms. The van der Waals surface area contributed by atoms with E-state index >= 15 is 0 Å². The smallest absolute Gasteiger partial charge is 0.175 e. The summed E-state index contributed by atoms with van der Waals surface area (Å²) in [6.45, 7) is 12.2. The minimum Gasteiger partial charge on any atom is -0.304 e. The Morgan fingerprint density at radius 2 is 1.29 bits per heavy atom. The summed E-state index contributed by atoms with van der Waals surface area (Å²) in [5.41, 5.74) is 1.50. The summed E-state index contributed by atoms with van der Waals surface area (Å²) in [5.74, 6) is 0. The van der Waals surface area contributed by atoms with E-state index in [1.807, 2.05) is 0 Å². The first-order valence-corrected chi connectivity index (χ1v) is 12.0. The summed E-state index contributed by atoms with van der Waals surface area (Å²) in [6.07, 6.45) is 11.3. The second-order valence-electron chi connectivity index (χ2n) is 9.68. The maximum Gasteiger partial charge on any atom is 0.175 e. The highest BCUT2D eigenvalue weighted by molar-refractivity contribution is 5.14. The van der Waals surface area contributed by atoms with Crippen molar-refractivity contribution in [2.45, 2.75) is 57.3 Å². The quantitative estimate of drug-likeness (QED) is 0.479. The lowest BCUT2D eigenvalue weighted by Crippen LogP contribution is -2.73. The van der Waals surface area contributed by atoms with Crippen molar-refractivity contribution >= 4 is 0 Å². The molecular weight excluding hydrogens is 344 g/mol. The van der Waals surface area contributed by atoms with Crippen molar-refractivity contribution in [2.24, 2.45) is 0 Å². The van der Waals surface area contributed by atoms with Crippen molar-refractivity contribution in [1.29, 1.82) is 0 Å². The fourth-order valence-electron chi connectivity index (χ4n) is 6.56. The summed E-state index contributed by atoms with van der Waals surface area (Å²) < 4.78 is 1.42. The molecule has 0 N–H and O–H groups in total. The van der Waals surface area contributed by atoms with E-state index in [0.717, 1.165) is 12.3 Å². The standard InChI is InChI=1S/C24H39N4/c1(3-6-10-22-11-7-5-8-12-22)2-4-9-19-28-20-17-26-14-13-25-15-16-27(18-21-28)24(28)23(25)26/h5,7-8,11-12,23-24H,1-4,6,9-10,13-21H2/q+1. The van der Waals surface area contributed by atoms with Gasteiger partial charge in [0.1, 0.15) is 6.17 Å². The van der Waals surface area contributed by atoms with Crippen molar-refractivity contribution in [1.82, 2.24) is 14.7 Å². The molecule has 4 heteroatoms. The molecule has 4 nitrogen and oxygen atoms in total. The SMILES string of the molecule is c1ccc(CCCCCCCC[N+]23CCN4CCN5CCN(CC2)C3C54)cc1. The molecule has 3 atom stereocenters. The van der Waals surface area contributed by atoms with E-state index in [9.17, 15) is 0 Å². The molecule has 1 aromatic carbocycles. The highest BCUT2D eigenvalue weighted by atomic mass is 15.6. The van der Waals surface area contributed by atoms with E-state index in [4.69, 9.17) is 0 Å². The van der Waals surface area contributed by atoms with Gasteiger partial charge in [0.15, 0.2) is 6.17 Å². The second-order valence-corrected chi connectivity index (χ2v) is 9.68. The molecule has 28 heavy (non-hydrogen) atoms. The van der Waals surface area contributed by atoms with Crippen molar-refractivity contribution in [3.05, 3.63) is 35.9 Å². The van der Waals surface area contributed by atoms with E-state index in [0.29, 0.717) is 0 Å². The van der Waals surface area contributed by atoms with Gasteiger partial charge in [-0.05, 0) is 31.2 Å². The van der Waals surface area contributed by atoms with Gasteiger partial charge in [0.05, 0.1) is 26.2 Å². The van der Waals surface area contributed by atoms with Gasteiger partial charge in [0, 0.05) is 32.7 Å². The first kappa shape index (κ1) is 19.0. The third-order valence-electron chi connectivity index (χ3n) is 8.13. The Balaban J connectivity index is 1.04. The lowest BCUT2D eigenvalue weighted by Gasteiger charge is -2.54. The van der Waals surface area contributed by atoms with E-state index < -0.39 is 0 Å². The molecule has 3 unspecified atom stereocenters. The summed E-state index contributed by atoms with van der Waals surface area (Å²) in [6, 6.07) is 11.0. The zero-order valence-electron chi connectivity index (χ0n) is 17.6. The van der Waals surface area contributed by atoms with E-state index in [-0.39, 0.29) is 0 Å². The molecule has 0 aliphatic carbocycles. The van der Waals surface area contributed by atoms with Gasteiger partial charge in [-0.15, -0.1) is 0 Å². The maximum absolute atomic E-state index is 2.85. The number of piperazine rings is 2. The van der Waals surface area contributed by atoms with Crippen LogP contribution in [0.4, 0.5) is 0 Å². The van der Waals surface area contributed by atoms with E-state index in [1.165, 1.54) is 114 Å². The normalized spacial score (nSPS) is 32.7. The molecular formula is C24H39N4+. The van der Waals surface area contributed by atoms with Gasteiger partial charge in [-0.3, -0.25) is 9.80 Å². The van der Waals surface area contributed by atoms with Gasteiger partial charge in [0.25, 0.3) is 0 Å². The van der Waals surface area contributed by atoms with Gasteiger partial charge in [-0.2, -0.15) is 0 Å². The minimum absolute atomic E-state index is 0.739. The molecule has 0 saturated carbocycles. The minimum atomic E-state index is 0.739. The summed E-state index contributed by atoms with van der Waals surface area (Å²) >= 11 is 0. The Hall–Kier alpha value is -0.940. The van der Waals surface area contributed by atoms with Crippen molar-refractivity contribution in [3.63, 3.8) is 0 Å². The molecule has 4 saturated heterocycles. The van der Waals surface area contributed by atoms with Crippen LogP contribution in [0.25, 0.3) is 0 Å². The fourth-order valence-corrected chi connectivity index (χ4v) is 6.56. The lowest BCUT2D eigenvalue weighted by atomic mass is 10.0. The van der Waals surface area contributed by atoms with Gasteiger partial charge in [0.2, 0.25) is 0 Å². The van der Waals surface area contributed by atoms with Gasteiger partial charge < -0.3 is 4.48 Å². The molecule has 5 rings (SSSR count). The molecule has 0 bridgehead atoms. The third-order valence-corrected chi connectivity index (χ3v) is 8.13. The van der Waals surface area contributed by atoms with E-state index in [2.05, 4.69) is 45.0 Å². The monoisotopic (exact) mass is 383 g/mol. The summed E-state index contributed by atoms with van der Waals surface area (Å²) in [4.78, 5) is 8.44. The number of hydrogen-bond donors (Lipinski definition) is 0. The van der Waals surface area contributed by atoms with Crippen LogP contribution in [0.3, 0.4) is 0 Å². The largest absolute Gasteiger partial charge is 0.304 e. The van der Waals surface area contributed by atoms with Crippen LogP contribution in [0.2, 0.25) is 0 Å². The first-order chi connectivity index (χ1) is 13.9. The molecule has 154 valence electrons. The molecule has 0 radical (unpaired) electrons. The number of quaternary nitrogens is 1. The molecule has 1 aromatic rings. The molecule has 4 aliphatic rings. The van der Waals surface area contributed by atoms with Crippen LogP contribution in [-0.2, 0) is 6.42 Å². The number of benzene rings is 1. The van der Waals surface area contributed by atoms with Crippen LogP contribution in [0, 0.1) is 0 Å². The molecule has 0 aromatic heterocycles. The van der Waals surface area contributed by atoms with Crippen molar-refractivity contribution in [3.8, 4) is 0 Å². The van der Waals surface area contributed by atoms with Gasteiger partial charge in [-0.1, -0.05) is 49.6 Å². The highest BCUT2D eigenvalue weighted by Crippen LogP contribution is 2.39. The highest BCUT2D eigenvalue weighted by Gasteiger charge is 2.59. The van der Waals surface area contributed by atoms with Crippen LogP contribution in [0.15, 0.2) is 30.3 Å². The maximum atomic E-state index is 2.85.